The first-order chi connectivity index (χ1) is 25.0. The molecule has 8 atom stereocenters. The zero-order chi connectivity index (χ0) is 36.8. The van der Waals surface area contributed by atoms with Gasteiger partial charge in [-0.2, -0.15) is 0 Å². The molecule has 0 spiro atoms. The van der Waals surface area contributed by atoms with Gasteiger partial charge in [0.15, 0.2) is 24.4 Å². The van der Waals surface area contributed by atoms with Crippen molar-refractivity contribution < 1.29 is 68.3 Å². The van der Waals surface area contributed by atoms with E-state index in [0.717, 1.165) is 16.5 Å². The van der Waals surface area contributed by atoms with Gasteiger partial charge in [0.1, 0.15) is 48.4 Å². The number of aromatic nitrogens is 2. The quantitative estimate of drug-likeness (QED) is 0.0532. The SMILES string of the molecule is COc1c(OCO)ccc2c1O[C@H]1c3c(Cn4cc5cc[nH]c5c4)cc(O[C@@H]4O[C@H]([C@H](OC(=O)CC(=O)O)C(N)N)[C@@H](O)[C@H](O)[C@H]4O)cc3OC[C@@H]21. The third-order valence-electron chi connectivity index (χ3n) is 9.34. The molecule has 0 unspecified atom stereocenters. The lowest BCUT2D eigenvalue weighted by Crippen LogP contribution is -2.66. The molecule has 18 nitrogen and oxygen atoms in total. The highest BCUT2D eigenvalue weighted by Gasteiger charge is 2.50. The number of methoxy groups -OCH3 is 1. The highest BCUT2D eigenvalue weighted by atomic mass is 16.7. The summed E-state index contributed by atoms with van der Waals surface area (Å²) >= 11 is 0. The van der Waals surface area contributed by atoms with Gasteiger partial charge in [-0.15, -0.1) is 0 Å². The number of carboxylic acids is 1. The zero-order valence-electron chi connectivity index (χ0n) is 27.7. The maximum Gasteiger partial charge on any atom is 0.317 e. The molecule has 0 bridgehead atoms. The van der Waals surface area contributed by atoms with Crippen molar-refractivity contribution in [3.05, 3.63) is 65.6 Å². The first-order valence-corrected chi connectivity index (χ1v) is 16.3. The molecule has 52 heavy (non-hydrogen) atoms. The van der Waals surface area contributed by atoms with E-state index in [0.29, 0.717) is 40.7 Å². The van der Waals surface area contributed by atoms with Crippen LogP contribution in [0.2, 0.25) is 0 Å². The molecular formula is C34H38N4O14. The van der Waals surface area contributed by atoms with Crippen molar-refractivity contribution in [3.63, 3.8) is 0 Å². The first kappa shape index (κ1) is 35.3. The number of aliphatic carboxylic acids is 1. The number of carbonyl (C=O) groups is 2. The number of aliphatic hydroxyl groups is 4. The molecule has 5 heterocycles. The Balaban J connectivity index is 1.23. The van der Waals surface area contributed by atoms with Crippen molar-refractivity contribution in [2.45, 2.75) is 68.0 Å². The number of hydrogen-bond donors (Lipinski definition) is 8. The second kappa shape index (κ2) is 14.2. The minimum Gasteiger partial charge on any atom is -0.492 e. The van der Waals surface area contributed by atoms with Crippen LogP contribution < -0.4 is 35.2 Å². The highest BCUT2D eigenvalue weighted by Crippen LogP contribution is 2.57. The monoisotopic (exact) mass is 726 g/mol. The average molecular weight is 727 g/mol. The number of aliphatic hydroxyl groups excluding tert-OH is 4. The van der Waals surface area contributed by atoms with Crippen LogP contribution in [0.15, 0.2) is 48.9 Å². The number of esters is 1. The van der Waals surface area contributed by atoms with Gasteiger partial charge in [-0.05, 0) is 23.8 Å². The number of hydrogen-bond acceptors (Lipinski definition) is 15. The molecule has 4 aromatic rings. The standard InChI is InChI=1S/C34H38N4O14/c1-46-30-20(48-13-39)3-2-17-18-12-47-21-7-16(6-15(24(21)28(18)51-29(17)30)10-38-9-14-4-5-37-19(14)11-38)49-34-27(45)25(43)26(44)31(52-34)32(33(35)36)50-23(42)8-22(40)41/h2-7,9,11,18,25-28,31-34,37,39,43-45H,8,10,12-13,35-36H2,1H3,(H,40,41)/t18-,25-,26-,27+,28+,31-,32-,34+/m0/s1. The average Bonchev–Trinajstić information content (AvgIpc) is 3.81. The third kappa shape index (κ3) is 6.45. The molecule has 1 saturated heterocycles. The number of rotatable bonds is 12. The lowest BCUT2D eigenvalue weighted by Gasteiger charge is -2.43. The molecular weight excluding hydrogens is 688 g/mol. The van der Waals surface area contributed by atoms with E-state index in [4.69, 9.17) is 49.7 Å². The molecule has 0 amide bonds. The van der Waals surface area contributed by atoms with E-state index in [1.807, 2.05) is 35.3 Å². The predicted octanol–water partition coefficient (Wildman–Crippen LogP) is -0.219. The number of carboxylic acid groups (broad SMARTS) is 1. The van der Waals surface area contributed by atoms with Crippen molar-refractivity contribution in [1.82, 2.24) is 9.55 Å². The number of nitrogens with one attached hydrogen (secondary N) is 1. The molecule has 2 aromatic carbocycles. The summed E-state index contributed by atoms with van der Waals surface area (Å²) in [5, 5.41) is 51.9. The van der Waals surface area contributed by atoms with E-state index in [9.17, 15) is 30.0 Å². The van der Waals surface area contributed by atoms with Gasteiger partial charge in [-0.1, -0.05) is 6.07 Å². The summed E-state index contributed by atoms with van der Waals surface area (Å²) in [7, 11) is 1.48. The van der Waals surface area contributed by atoms with E-state index in [1.54, 1.807) is 18.2 Å². The van der Waals surface area contributed by atoms with Crippen LogP contribution in [0.1, 0.15) is 35.1 Å². The van der Waals surface area contributed by atoms with Gasteiger partial charge < -0.3 is 79.7 Å². The van der Waals surface area contributed by atoms with E-state index in [-0.39, 0.29) is 18.3 Å². The molecule has 0 radical (unpaired) electrons. The molecule has 10 N–H and O–H groups in total. The van der Waals surface area contributed by atoms with Crippen LogP contribution >= 0.6 is 0 Å². The molecule has 2 aromatic heterocycles. The molecule has 278 valence electrons. The van der Waals surface area contributed by atoms with Crippen LogP contribution in [0.25, 0.3) is 10.9 Å². The molecule has 1 fully saturated rings. The summed E-state index contributed by atoms with van der Waals surface area (Å²) < 4.78 is 42.9. The summed E-state index contributed by atoms with van der Waals surface area (Å²) in [4.78, 5) is 26.4. The van der Waals surface area contributed by atoms with Gasteiger partial charge in [-0.25, -0.2) is 0 Å². The van der Waals surface area contributed by atoms with Gasteiger partial charge in [0.25, 0.3) is 0 Å². The third-order valence-corrected chi connectivity index (χ3v) is 9.34. The van der Waals surface area contributed by atoms with Crippen LogP contribution in [0.5, 0.6) is 28.7 Å². The molecule has 3 aliphatic rings. The van der Waals surface area contributed by atoms with Crippen molar-refractivity contribution in [2.24, 2.45) is 11.5 Å². The van der Waals surface area contributed by atoms with Crippen LogP contribution in [0.3, 0.4) is 0 Å². The van der Waals surface area contributed by atoms with Crippen molar-refractivity contribution in [1.29, 1.82) is 0 Å². The molecule has 7 rings (SSSR count). The summed E-state index contributed by atoms with van der Waals surface area (Å²) in [5.74, 6) is -1.31. The number of fused-ring (bicyclic) bond motifs is 6. The maximum absolute atomic E-state index is 12.2. The molecule has 0 aliphatic carbocycles. The Labute approximate surface area is 294 Å². The Kier molecular flexibility index (Phi) is 9.61. The fourth-order valence-corrected chi connectivity index (χ4v) is 6.98. The Morgan fingerprint density at radius 2 is 1.90 bits per heavy atom. The maximum atomic E-state index is 12.2. The summed E-state index contributed by atoms with van der Waals surface area (Å²) in [6, 6.07) is 8.74. The normalized spacial score (nSPS) is 25.3. The Hall–Kier alpha value is -5.08. The number of aromatic amines is 1. The number of carbonyl (C=O) groups excluding carboxylic acids is 1. The smallest absolute Gasteiger partial charge is 0.317 e. The van der Waals surface area contributed by atoms with Crippen molar-refractivity contribution >= 4 is 22.8 Å². The van der Waals surface area contributed by atoms with Gasteiger partial charge >= 0.3 is 11.9 Å². The number of H-pyrrole nitrogens is 1. The van der Waals surface area contributed by atoms with Crippen molar-refractivity contribution in [3.8, 4) is 28.7 Å². The van der Waals surface area contributed by atoms with E-state index in [2.05, 4.69) is 4.98 Å². The Morgan fingerprint density at radius 1 is 1.10 bits per heavy atom. The van der Waals surface area contributed by atoms with Gasteiger partial charge in [0.2, 0.25) is 12.0 Å². The minimum atomic E-state index is -1.87. The lowest BCUT2D eigenvalue weighted by molar-refractivity contribution is -0.291. The van der Waals surface area contributed by atoms with Crippen LogP contribution in [-0.4, -0.2) is 111 Å². The van der Waals surface area contributed by atoms with E-state index < -0.39 is 74.2 Å². The van der Waals surface area contributed by atoms with E-state index >= 15 is 0 Å². The van der Waals surface area contributed by atoms with Crippen molar-refractivity contribution in [2.75, 3.05) is 20.5 Å². The summed E-state index contributed by atoms with van der Waals surface area (Å²) in [6.07, 6.45) is -7.77. The number of ether oxygens (including phenoxy) is 7. The fraction of sp³-hybridized carbons (Fsp3) is 0.412. The first-order valence-electron chi connectivity index (χ1n) is 16.3. The largest absolute Gasteiger partial charge is 0.492 e. The van der Waals surface area contributed by atoms with Gasteiger partial charge in [0.05, 0.1) is 31.3 Å². The minimum absolute atomic E-state index is 0.138. The number of nitrogens with zero attached hydrogens (tertiary/aromatic N) is 1. The van der Waals surface area contributed by atoms with Crippen LogP contribution in [0, 0.1) is 0 Å². The van der Waals surface area contributed by atoms with Gasteiger partial charge in [0, 0.05) is 47.7 Å². The second-order valence-corrected chi connectivity index (χ2v) is 12.7. The second-order valence-electron chi connectivity index (χ2n) is 12.7. The summed E-state index contributed by atoms with van der Waals surface area (Å²) in [5.41, 5.74) is 14.8. The lowest BCUT2D eigenvalue weighted by atomic mass is 9.86. The van der Waals surface area contributed by atoms with Gasteiger partial charge in [-0.3, -0.25) is 9.59 Å². The summed E-state index contributed by atoms with van der Waals surface area (Å²) in [6.45, 7) is -0.0414. The number of nitrogens with two attached hydrogens (primary N) is 2. The topological polar surface area (TPSA) is 273 Å². The number of benzene rings is 2. The molecule has 18 heteroatoms. The highest BCUT2D eigenvalue weighted by molar-refractivity contribution is 5.90. The Bertz CT molecular complexity index is 1930. The molecule has 3 aliphatic heterocycles. The molecule has 0 saturated carbocycles. The Morgan fingerprint density at radius 3 is 2.62 bits per heavy atom. The predicted molar refractivity (Wildman–Crippen MR) is 176 cm³/mol. The van der Waals surface area contributed by atoms with Crippen LogP contribution in [-0.2, 0) is 25.6 Å². The fourth-order valence-electron chi connectivity index (χ4n) is 6.98. The van der Waals surface area contributed by atoms with E-state index in [1.165, 1.54) is 7.11 Å². The zero-order valence-corrected chi connectivity index (χ0v) is 27.7. The van der Waals surface area contributed by atoms with Crippen LogP contribution in [0.4, 0.5) is 0 Å².